The lowest BCUT2D eigenvalue weighted by Crippen LogP contribution is -2.37. The van der Waals surface area contributed by atoms with Crippen LogP contribution in [0, 0.1) is 0 Å². The lowest BCUT2D eigenvalue weighted by molar-refractivity contribution is -0.146. The average Bonchev–Trinajstić information content (AvgIpc) is 2.47. The number of nitrogens with zero attached hydrogens (tertiary/aromatic N) is 2. The van der Waals surface area contributed by atoms with E-state index in [9.17, 15) is 31.1 Å². The third-order valence-electron chi connectivity index (χ3n) is 2.17. The summed E-state index contributed by atoms with van der Waals surface area (Å²) >= 11 is 0. The standard InChI is InChI=1S/C7H5F3N2O.C6H4F3N/c8-7(9,10)12-6(13)5-2-1-3-11-4-5;7-6(8,9)5-2-1-3-10-4-5/h1-4H,(H,12,13);1-4H. The van der Waals surface area contributed by atoms with Gasteiger partial charge in [0.15, 0.2) is 0 Å². The highest BCUT2D eigenvalue weighted by Gasteiger charge is 2.30. The monoisotopic (exact) mass is 337 g/mol. The molecular formula is C13H9F6N3O. The second-order valence-electron chi connectivity index (χ2n) is 3.93. The molecule has 0 saturated heterocycles. The zero-order valence-corrected chi connectivity index (χ0v) is 11.2. The van der Waals surface area contributed by atoms with Crippen molar-refractivity contribution < 1.29 is 31.1 Å². The van der Waals surface area contributed by atoms with E-state index in [-0.39, 0.29) is 5.56 Å². The van der Waals surface area contributed by atoms with Gasteiger partial charge >= 0.3 is 12.5 Å². The molecule has 0 aliphatic heterocycles. The van der Waals surface area contributed by atoms with Crippen LogP contribution in [-0.4, -0.2) is 22.2 Å². The van der Waals surface area contributed by atoms with Gasteiger partial charge in [-0.2, -0.15) is 26.3 Å². The molecule has 0 fully saturated rings. The minimum Gasteiger partial charge on any atom is -0.269 e. The van der Waals surface area contributed by atoms with Crippen LogP contribution in [-0.2, 0) is 6.18 Å². The molecule has 23 heavy (non-hydrogen) atoms. The van der Waals surface area contributed by atoms with E-state index in [1.807, 2.05) is 0 Å². The Morgan fingerprint density at radius 1 is 0.913 bits per heavy atom. The lowest BCUT2D eigenvalue weighted by Gasteiger charge is -2.07. The molecule has 0 radical (unpaired) electrons. The first kappa shape index (κ1) is 18.4. The summed E-state index contributed by atoms with van der Waals surface area (Å²) in [5.74, 6) is -1.21. The third-order valence-corrected chi connectivity index (χ3v) is 2.17. The van der Waals surface area contributed by atoms with Crippen molar-refractivity contribution in [2.24, 2.45) is 0 Å². The molecular weight excluding hydrogens is 328 g/mol. The van der Waals surface area contributed by atoms with Crippen LogP contribution in [0.1, 0.15) is 15.9 Å². The number of aromatic nitrogens is 2. The van der Waals surface area contributed by atoms with Crippen LogP contribution in [0.3, 0.4) is 0 Å². The average molecular weight is 337 g/mol. The molecule has 0 bridgehead atoms. The van der Waals surface area contributed by atoms with Gasteiger partial charge in [0, 0.05) is 24.8 Å². The summed E-state index contributed by atoms with van der Waals surface area (Å²) in [6.07, 6.45) is -4.46. The van der Waals surface area contributed by atoms with Crippen molar-refractivity contribution >= 4 is 5.91 Å². The van der Waals surface area contributed by atoms with Gasteiger partial charge in [-0.25, -0.2) is 0 Å². The lowest BCUT2D eigenvalue weighted by atomic mass is 10.3. The number of carbonyl (C=O) groups is 1. The van der Waals surface area contributed by atoms with E-state index in [2.05, 4.69) is 9.97 Å². The maximum atomic E-state index is 11.7. The van der Waals surface area contributed by atoms with Gasteiger partial charge in [-0.3, -0.25) is 20.1 Å². The van der Waals surface area contributed by atoms with Crippen molar-refractivity contribution in [3.05, 3.63) is 60.2 Å². The number of pyridine rings is 2. The molecule has 2 aromatic heterocycles. The van der Waals surface area contributed by atoms with Crippen molar-refractivity contribution in [2.75, 3.05) is 0 Å². The Morgan fingerprint density at radius 3 is 1.83 bits per heavy atom. The smallest absolute Gasteiger partial charge is 0.269 e. The summed E-state index contributed by atoms with van der Waals surface area (Å²) in [7, 11) is 0. The minimum atomic E-state index is -4.70. The predicted molar refractivity (Wildman–Crippen MR) is 67.0 cm³/mol. The summed E-state index contributed by atoms with van der Waals surface area (Å²) in [5.41, 5.74) is -0.838. The van der Waals surface area contributed by atoms with Crippen LogP contribution in [0.25, 0.3) is 0 Å². The number of rotatable bonds is 1. The molecule has 1 amide bonds. The van der Waals surface area contributed by atoms with E-state index >= 15 is 0 Å². The number of hydrogen-bond acceptors (Lipinski definition) is 3. The molecule has 124 valence electrons. The maximum absolute atomic E-state index is 11.7. The first-order valence-corrected chi connectivity index (χ1v) is 5.86. The van der Waals surface area contributed by atoms with Gasteiger partial charge in [0.05, 0.1) is 11.1 Å². The number of nitrogens with one attached hydrogen (secondary N) is 1. The van der Waals surface area contributed by atoms with Crippen LogP contribution in [0.4, 0.5) is 26.3 Å². The first-order chi connectivity index (χ1) is 10.6. The summed E-state index contributed by atoms with van der Waals surface area (Å²) in [5, 5.41) is 0.856. The molecule has 0 aliphatic rings. The molecule has 1 N–H and O–H groups in total. The summed E-state index contributed by atoms with van der Waals surface area (Å²) < 4.78 is 70.2. The van der Waals surface area contributed by atoms with Crippen LogP contribution in [0.15, 0.2) is 49.1 Å². The topological polar surface area (TPSA) is 54.9 Å². The molecule has 0 atom stereocenters. The fourth-order valence-electron chi connectivity index (χ4n) is 1.23. The zero-order chi connectivity index (χ0) is 17.5. The van der Waals surface area contributed by atoms with E-state index < -0.39 is 23.9 Å². The van der Waals surface area contributed by atoms with Gasteiger partial charge in [0.1, 0.15) is 0 Å². The molecule has 2 heterocycles. The molecule has 10 heteroatoms. The Balaban J connectivity index is 0.000000238. The van der Waals surface area contributed by atoms with Gasteiger partial charge in [0.2, 0.25) is 0 Å². The van der Waals surface area contributed by atoms with E-state index in [1.54, 1.807) is 0 Å². The number of amides is 1. The fraction of sp³-hybridized carbons (Fsp3) is 0.154. The Hall–Kier alpha value is -2.65. The van der Waals surface area contributed by atoms with Crippen LogP contribution in [0.2, 0.25) is 0 Å². The quantitative estimate of drug-likeness (QED) is 0.641. The highest BCUT2D eigenvalue weighted by molar-refractivity contribution is 5.93. The normalized spacial score (nSPS) is 11.2. The zero-order valence-electron chi connectivity index (χ0n) is 11.2. The maximum Gasteiger partial charge on any atom is 0.484 e. The van der Waals surface area contributed by atoms with Crippen molar-refractivity contribution in [2.45, 2.75) is 12.5 Å². The van der Waals surface area contributed by atoms with Crippen molar-refractivity contribution in [3.63, 3.8) is 0 Å². The number of halogens is 6. The summed E-state index contributed by atoms with van der Waals surface area (Å²) in [4.78, 5) is 17.6. The largest absolute Gasteiger partial charge is 0.484 e. The Labute approximate surface area is 126 Å². The Kier molecular flexibility index (Phi) is 6.05. The first-order valence-electron chi connectivity index (χ1n) is 5.86. The van der Waals surface area contributed by atoms with Crippen molar-refractivity contribution in [1.29, 1.82) is 0 Å². The highest BCUT2D eigenvalue weighted by Crippen LogP contribution is 2.27. The molecule has 0 unspecified atom stereocenters. The molecule has 0 aliphatic carbocycles. The predicted octanol–water partition coefficient (Wildman–Crippen LogP) is 3.43. The van der Waals surface area contributed by atoms with E-state index in [0.29, 0.717) is 0 Å². The molecule has 0 aromatic carbocycles. The van der Waals surface area contributed by atoms with Gasteiger partial charge in [-0.15, -0.1) is 0 Å². The van der Waals surface area contributed by atoms with Crippen LogP contribution in [0.5, 0.6) is 0 Å². The summed E-state index contributed by atoms with van der Waals surface area (Å²) in [6, 6.07) is 4.86. The van der Waals surface area contributed by atoms with Gasteiger partial charge in [-0.05, 0) is 24.3 Å². The van der Waals surface area contributed by atoms with Gasteiger partial charge in [-0.1, -0.05) is 0 Å². The Morgan fingerprint density at radius 2 is 1.48 bits per heavy atom. The number of hydrogen-bond donors (Lipinski definition) is 1. The van der Waals surface area contributed by atoms with Gasteiger partial charge in [0.25, 0.3) is 5.91 Å². The van der Waals surface area contributed by atoms with Crippen LogP contribution < -0.4 is 5.32 Å². The highest BCUT2D eigenvalue weighted by atomic mass is 19.4. The van der Waals surface area contributed by atoms with Crippen molar-refractivity contribution in [3.8, 4) is 0 Å². The Bertz CT molecular complexity index is 613. The molecule has 0 spiro atoms. The number of alkyl halides is 6. The van der Waals surface area contributed by atoms with Gasteiger partial charge < -0.3 is 0 Å². The third kappa shape index (κ3) is 7.25. The summed E-state index contributed by atoms with van der Waals surface area (Å²) in [6.45, 7) is 0. The molecule has 2 rings (SSSR count). The second-order valence-corrected chi connectivity index (χ2v) is 3.93. The SMILES string of the molecule is FC(F)(F)c1cccnc1.O=C(NC(F)(F)F)c1cccnc1. The molecule has 0 saturated carbocycles. The second kappa shape index (κ2) is 7.56. The van der Waals surface area contributed by atoms with Crippen LogP contribution >= 0.6 is 0 Å². The molecule has 2 aromatic rings. The van der Waals surface area contributed by atoms with E-state index in [0.717, 1.165) is 23.8 Å². The van der Waals surface area contributed by atoms with Crippen molar-refractivity contribution in [1.82, 2.24) is 15.3 Å². The number of carbonyl (C=O) groups excluding carboxylic acids is 1. The fourth-order valence-corrected chi connectivity index (χ4v) is 1.23. The van der Waals surface area contributed by atoms with E-state index in [1.165, 1.54) is 30.6 Å². The molecule has 4 nitrogen and oxygen atoms in total. The minimum absolute atomic E-state index is 0.125. The van der Waals surface area contributed by atoms with E-state index in [4.69, 9.17) is 0 Å².